The van der Waals surface area contributed by atoms with Crippen molar-refractivity contribution < 1.29 is 28.8 Å². The number of aromatic nitrogens is 2. The zero-order chi connectivity index (χ0) is 26.7. The van der Waals surface area contributed by atoms with Crippen LogP contribution in [0.1, 0.15) is 38.4 Å². The molecule has 1 heterocycles. The number of methoxy groups -OCH3 is 4. The minimum Gasteiger partial charge on any atom is -0.494 e. The van der Waals surface area contributed by atoms with E-state index < -0.39 is 5.97 Å². The number of fused-ring (bicyclic) bond motifs is 1. The highest BCUT2D eigenvalue weighted by atomic mass is 16.5. The first-order valence-corrected chi connectivity index (χ1v) is 11.7. The van der Waals surface area contributed by atoms with Crippen molar-refractivity contribution in [2.75, 3.05) is 28.4 Å². The van der Waals surface area contributed by atoms with E-state index in [0.717, 1.165) is 27.8 Å². The molecule has 4 rings (SSSR count). The van der Waals surface area contributed by atoms with Crippen LogP contribution < -0.4 is 18.9 Å². The summed E-state index contributed by atoms with van der Waals surface area (Å²) in [5.41, 5.74) is 5.48. The largest absolute Gasteiger partial charge is 0.494 e. The van der Waals surface area contributed by atoms with Gasteiger partial charge in [-0.3, -0.25) is 0 Å². The number of hydrogen-bond donors (Lipinski definition) is 1. The van der Waals surface area contributed by atoms with Gasteiger partial charge >= 0.3 is 5.97 Å². The van der Waals surface area contributed by atoms with Gasteiger partial charge in [-0.05, 0) is 60.9 Å². The number of rotatable bonds is 9. The lowest BCUT2D eigenvalue weighted by molar-refractivity contribution is 0.0697. The minimum atomic E-state index is -0.962. The number of carbonyl (C=O) groups is 1. The van der Waals surface area contributed by atoms with Crippen molar-refractivity contribution in [3.63, 3.8) is 0 Å². The van der Waals surface area contributed by atoms with Crippen LogP contribution in [0.15, 0.2) is 42.5 Å². The molecule has 192 valence electrons. The summed E-state index contributed by atoms with van der Waals surface area (Å²) in [6.07, 6.45) is 3.88. The van der Waals surface area contributed by atoms with E-state index in [0.29, 0.717) is 40.9 Å². The number of aromatic carboxylic acids is 1. The molecule has 0 unspecified atom stereocenters. The molecule has 0 bridgehead atoms. The molecule has 0 amide bonds. The topological polar surface area (TPSA) is 92.0 Å². The molecule has 37 heavy (non-hydrogen) atoms. The van der Waals surface area contributed by atoms with Gasteiger partial charge in [-0.15, -0.1) is 0 Å². The average molecular weight is 503 g/mol. The van der Waals surface area contributed by atoms with Gasteiger partial charge in [0.05, 0.1) is 34.0 Å². The average Bonchev–Trinajstić information content (AvgIpc) is 3.25. The van der Waals surface area contributed by atoms with Crippen LogP contribution in [0.3, 0.4) is 0 Å². The number of carboxylic acid groups (broad SMARTS) is 1. The van der Waals surface area contributed by atoms with Crippen LogP contribution in [0, 0.1) is 13.8 Å². The highest BCUT2D eigenvalue weighted by Crippen LogP contribution is 2.41. The summed E-state index contributed by atoms with van der Waals surface area (Å²) in [6, 6.07) is 12.5. The lowest BCUT2D eigenvalue weighted by Gasteiger charge is -2.16. The number of carboxylic acids is 1. The molecule has 8 heteroatoms. The van der Waals surface area contributed by atoms with Crippen LogP contribution in [0.5, 0.6) is 23.0 Å². The molecule has 1 aromatic heterocycles. The second-order valence-corrected chi connectivity index (χ2v) is 8.52. The Kier molecular flexibility index (Phi) is 7.38. The van der Waals surface area contributed by atoms with Gasteiger partial charge < -0.3 is 28.6 Å². The molecule has 0 saturated heterocycles. The summed E-state index contributed by atoms with van der Waals surface area (Å²) in [5.74, 6) is 2.41. The summed E-state index contributed by atoms with van der Waals surface area (Å²) >= 11 is 0. The van der Waals surface area contributed by atoms with E-state index in [1.54, 1.807) is 40.6 Å². The summed E-state index contributed by atoms with van der Waals surface area (Å²) in [4.78, 5) is 16.3. The SMILES string of the molecule is COc1ccc(/C=C/c2nc3c(OC)c(C)c(C)c(OC)c3n2Cc2ccc(C(=O)O)cc2)cc1OC. The highest BCUT2D eigenvalue weighted by Gasteiger charge is 2.23. The maximum absolute atomic E-state index is 11.3. The zero-order valence-corrected chi connectivity index (χ0v) is 21.8. The number of nitrogens with zero attached hydrogens (tertiary/aromatic N) is 2. The Labute approximate surface area is 215 Å². The maximum atomic E-state index is 11.3. The Hall–Kier alpha value is -4.46. The Morgan fingerprint density at radius 1 is 0.865 bits per heavy atom. The normalized spacial score (nSPS) is 11.2. The van der Waals surface area contributed by atoms with Crippen molar-refractivity contribution >= 4 is 29.2 Å². The molecule has 8 nitrogen and oxygen atoms in total. The van der Waals surface area contributed by atoms with E-state index in [-0.39, 0.29) is 5.56 Å². The van der Waals surface area contributed by atoms with Crippen LogP contribution >= 0.6 is 0 Å². The molecular weight excluding hydrogens is 472 g/mol. The molecule has 4 aromatic rings. The first-order chi connectivity index (χ1) is 17.8. The summed E-state index contributed by atoms with van der Waals surface area (Å²) in [5, 5.41) is 9.28. The molecular formula is C29H30N2O6. The molecule has 0 fully saturated rings. The van der Waals surface area contributed by atoms with E-state index in [1.807, 2.05) is 56.3 Å². The van der Waals surface area contributed by atoms with Crippen molar-refractivity contribution in [2.45, 2.75) is 20.4 Å². The van der Waals surface area contributed by atoms with Gasteiger partial charge in [0.15, 0.2) is 11.5 Å². The van der Waals surface area contributed by atoms with Gasteiger partial charge in [0.1, 0.15) is 28.4 Å². The fourth-order valence-corrected chi connectivity index (χ4v) is 4.40. The van der Waals surface area contributed by atoms with Crippen molar-refractivity contribution in [2.24, 2.45) is 0 Å². The van der Waals surface area contributed by atoms with E-state index in [9.17, 15) is 9.90 Å². The van der Waals surface area contributed by atoms with Crippen LogP contribution in [-0.2, 0) is 6.54 Å². The molecule has 3 aromatic carbocycles. The molecule has 1 N–H and O–H groups in total. The van der Waals surface area contributed by atoms with Crippen LogP contribution in [0.25, 0.3) is 23.2 Å². The van der Waals surface area contributed by atoms with E-state index in [2.05, 4.69) is 4.57 Å². The summed E-state index contributed by atoms with van der Waals surface area (Å²) in [6.45, 7) is 4.43. The molecule has 0 radical (unpaired) electrons. The first kappa shape index (κ1) is 25.6. The van der Waals surface area contributed by atoms with Crippen molar-refractivity contribution in [1.82, 2.24) is 9.55 Å². The van der Waals surface area contributed by atoms with E-state index in [4.69, 9.17) is 23.9 Å². The predicted molar refractivity (Wildman–Crippen MR) is 143 cm³/mol. The Morgan fingerprint density at radius 2 is 1.51 bits per heavy atom. The van der Waals surface area contributed by atoms with Crippen molar-refractivity contribution in [1.29, 1.82) is 0 Å². The van der Waals surface area contributed by atoms with Gasteiger partial charge in [-0.2, -0.15) is 0 Å². The first-order valence-electron chi connectivity index (χ1n) is 11.7. The second kappa shape index (κ2) is 10.7. The number of imidazole rings is 1. The van der Waals surface area contributed by atoms with Crippen LogP contribution in [0.4, 0.5) is 0 Å². The fourth-order valence-electron chi connectivity index (χ4n) is 4.40. The van der Waals surface area contributed by atoms with Crippen molar-refractivity contribution in [3.8, 4) is 23.0 Å². The van der Waals surface area contributed by atoms with Crippen molar-refractivity contribution in [3.05, 3.63) is 76.1 Å². The Morgan fingerprint density at radius 3 is 2.11 bits per heavy atom. The number of ether oxygens (including phenoxy) is 4. The van der Waals surface area contributed by atoms with Gasteiger partial charge in [-0.1, -0.05) is 24.3 Å². The lowest BCUT2D eigenvalue weighted by Crippen LogP contribution is -2.05. The van der Waals surface area contributed by atoms with E-state index in [1.165, 1.54) is 0 Å². The Bertz CT molecular complexity index is 1490. The summed E-state index contributed by atoms with van der Waals surface area (Å²) in [7, 11) is 6.48. The molecule has 0 aliphatic heterocycles. The third-order valence-corrected chi connectivity index (χ3v) is 6.45. The molecule has 0 spiro atoms. The standard InChI is InChI=1S/C29H30N2O6/c1-17-18(2)28(37-6)26-25(27(17)36-5)30-24(14-10-19-9-13-22(34-3)23(15-19)35-4)31(26)16-20-7-11-21(12-8-20)29(32)33/h7-15H,16H2,1-6H3,(H,32,33)/b14-10+. The lowest BCUT2D eigenvalue weighted by atomic mass is 10.1. The van der Waals surface area contributed by atoms with Gasteiger partial charge in [0, 0.05) is 12.1 Å². The van der Waals surface area contributed by atoms with Crippen LogP contribution in [0.2, 0.25) is 0 Å². The van der Waals surface area contributed by atoms with Gasteiger partial charge in [0.2, 0.25) is 0 Å². The van der Waals surface area contributed by atoms with E-state index >= 15 is 0 Å². The third-order valence-electron chi connectivity index (χ3n) is 6.45. The second-order valence-electron chi connectivity index (χ2n) is 8.52. The number of hydrogen-bond acceptors (Lipinski definition) is 6. The monoisotopic (exact) mass is 502 g/mol. The van der Waals surface area contributed by atoms with Gasteiger partial charge in [0.25, 0.3) is 0 Å². The van der Waals surface area contributed by atoms with Crippen LogP contribution in [-0.4, -0.2) is 49.1 Å². The fraction of sp³-hybridized carbons (Fsp3) is 0.241. The molecule has 0 atom stereocenters. The third kappa shape index (κ3) is 4.82. The highest BCUT2D eigenvalue weighted by molar-refractivity contribution is 5.93. The summed E-state index contributed by atoms with van der Waals surface area (Å²) < 4.78 is 24.5. The molecule has 0 aliphatic carbocycles. The minimum absolute atomic E-state index is 0.235. The smallest absolute Gasteiger partial charge is 0.335 e. The quantitative estimate of drug-likeness (QED) is 0.318. The zero-order valence-electron chi connectivity index (χ0n) is 21.8. The Balaban J connectivity index is 1.90. The number of benzene rings is 3. The van der Waals surface area contributed by atoms with Gasteiger partial charge in [-0.25, -0.2) is 9.78 Å². The molecule has 0 saturated carbocycles. The maximum Gasteiger partial charge on any atom is 0.335 e. The predicted octanol–water partition coefficient (Wildman–Crippen LogP) is 5.60. The molecule has 0 aliphatic rings.